The summed E-state index contributed by atoms with van der Waals surface area (Å²) in [5.74, 6) is 0.705. The Morgan fingerprint density at radius 1 is 1.42 bits per heavy atom. The molecule has 2 aliphatic carbocycles. The van der Waals surface area contributed by atoms with Gasteiger partial charge in [-0.15, -0.1) is 0 Å². The summed E-state index contributed by atoms with van der Waals surface area (Å²) in [5, 5.41) is 6.33. The number of amides is 1. The third-order valence-electron chi connectivity index (χ3n) is 5.38. The summed E-state index contributed by atoms with van der Waals surface area (Å²) < 4.78 is 10.8. The molecule has 0 aliphatic heterocycles. The molecule has 0 unspecified atom stereocenters. The number of hydrogen-bond acceptors (Lipinski definition) is 5. The van der Waals surface area contributed by atoms with Crippen LogP contribution in [0.5, 0.6) is 0 Å². The molecule has 24 heavy (non-hydrogen) atoms. The van der Waals surface area contributed by atoms with E-state index in [0.29, 0.717) is 36.3 Å². The molecule has 0 aromatic carbocycles. The lowest BCUT2D eigenvalue weighted by Gasteiger charge is -2.61. The van der Waals surface area contributed by atoms with E-state index in [4.69, 9.17) is 9.47 Å². The zero-order chi connectivity index (χ0) is 17.0. The molecule has 6 heteroatoms. The van der Waals surface area contributed by atoms with Crippen LogP contribution in [0.1, 0.15) is 43.0 Å². The van der Waals surface area contributed by atoms with Crippen molar-refractivity contribution in [1.82, 2.24) is 10.3 Å². The molecule has 1 aromatic heterocycles. The smallest absolute Gasteiger partial charge is 0.252 e. The molecule has 3 rings (SSSR count). The van der Waals surface area contributed by atoms with E-state index in [9.17, 15) is 4.79 Å². The molecule has 2 saturated carbocycles. The van der Waals surface area contributed by atoms with Gasteiger partial charge in [0.25, 0.3) is 5.91 Å². The lowest BCUT2D eigenvalue weighted by atomic mass is 9.51. The number of carbonyl (C=O) groups is 1. The van der Waals surface area contributed by atoms with E-state index in [1.165, 1.54) is 19.3 Å². The van der Waals surface area contributed by atoms with Gasteiger partial charge in [0.15, 0.2) is 0 Å². The Morgan fingerprint density at radius 2 is 2.25 bits per heavy atom. The molecule has 2 fully saturated rings. The first kappa shape index (κ1) is 17.2. The maximum absolute atomic E-state index is 12.0. The fraction of sp³-hybridized carbons (Fsp3) is 0.667. The largest absolute Gasteiger partial charge is 0.383 e. The van der Waals surface area contributed by atoms with Crippen LogP contribution in [0.2, 0.25) is 0 Å². The molecule has 0 saturated heterocycles. The van der Waals surface area contributed by atoms with Gasteiger partial charge in [-0.2, -0.15) is 0 Å². The van der Waals surface area contributed by atoms with Gasteiger partial charge in [0.2, 0.25) is 0 Å². The lowest BCUT2D eigenvalue weighted by molar-refractivity contribution is -0.157. The predicted molar refractivity (Wildman–Crippen MR) is 92.2 cm³/mol. The second kappa shape index (κ2) is 7.49. The molecule has 0 radical (unpaired) electrons. The summed E-state index contributed by atoms with van der Waals surface area (Å²) in [6.45, 7) is 3.84. The van der Waals surface area contributed by atoms with Crippen LogP contribution in [0.15, 0.2) is 18.3 Å². The summed E-state index contributed by atoms with van der Waals surface area (Å²) in [6.07, 6.45) is 6.80. The highest BCUT2D eigenvalue weighted by atomic mass is 16.5. The summed E-state index contributed by atoms with van der Waals surface area (Å²) in [7, 11) is 1.61. The van der Waals surface area contributed by atoms with Gasteiger partial charge in [-0.25, -0.2) is 4.98 Å². The number of hydrogen-bond donors (Lipinski definition) is 2. The van der Waals surface area contributed by atoms with Crippen molar-refractivity contribution in [3.8, 4) is 0 Å². The zero-order valence-corrected chi connectivity index (χ0v) is 14.5. The number of rotatable bonds is 8. The number of anilines is 1. The van der Waals surface area contributed by atoms with E-state index in [2.05, 4.69) is 22.5 Å². The molecule has 2 atom stereocenters. The molecule has 1 amide bonds. The van der Waals surface area contributed by atoms with Crippen LogP contribution >= 0.6 is 0 Å². The monoisotopic (exact) mass is 333 g/mol. The maximum atomic E-state index is 12.0. The van der Waals surface area contributed by atoms with Crippen LogP contribution in [0, 0.1) is 5.41 Å². The van der Waals surface area contributed by atoms with Crippen molar-refractivity contribution in [3.05, 3.63) is 23.9 Å². The number of carbonyl (C=O) groups excluding carboxylic acids is 1. The average molecular weight is 333 g/mol. The Kier molecular flexibility index (Phi) is 5.36. The van der Waals surface area contributed by atoms with Crippen LogP contribution < -0.4 is 10.6 Å². The Labute approximate surface area is 143 Å². The minimum absolute atomic E-state index is 0.124. The van der Waals surface area contributed by atoms with E-state index in [1.807, 2.05) is 12.1 Å². The highest BCUT2D eigenvalue weighted by Gasteiger charge is 2.58. The second-order valence-electron chi connectivity index (χ2n) is 6.64. The van der Waals surface area contributed by atoms with Crippen LogP contribution in [-0.4, -0.2) is 49.9 Å². The topological polar surface area (TPSA) is 72.5 Å². The summed E-state index contributed by atoms with van der Waals surface area (Å²) in [5.41, 5.74) is 0.865. The number of nitrogens with one attached hydrogen (secondary N) is 2. The van der Waals surface area contributed by atoms with Gasteiger partial charge in [-0.05, 0) is 38.3 Å². The number of pyridine rings is 1. The second-order valence-corrected chi connectivity index (χ2v) is 6.64. The Bertz CT molecular complexity index is 557. The van der Waals surface area contributed by atoms with Gasteiger partial charge in [0.1, 0.15) is 5.82 Å². The van der Waals surface area contributed by atoms with Gasteiger partial charge in [-0.3, -0.25) is 4.79 Å². The van der Waals surface area contributed by atoms with Gasteiger partial charge in [-0.1, -0.05) is 6.42 Å². The standard InChI is InChI=1S/C18H27N3O3/c1-3-24-15-11-14(18(15)7-4-8-18)21-16-6-5-13(12-20-16)17(22)19-9-10-23-2/h5-6,12,14-15H,3-4,7-11H2,1-2H3,(H,19,22)(H,20,21)/t14-,15-/m1/s1. The molecule has 1 aromatic rings. The number of ether oxygens (including phenoxy) is 2. The Balaban J connectivity index is 1.54. The fourth-order valence-electron chi connectivity index (χ4n) is 3.80. The molecule has 6 nitrogen and oxygen atoms in total. The van der Waals surface area contributed by atoms with Crippen LogP contribution in [0.3, 0.4) is 0 Å². The molecule has 0 bridgehead atoms. The number of methoxy groups -OCH3 is 1. The highest BCUT2D eigenvalue weighted by molar-refractivity contribution is 5.94. The third-order valence-corrected chi connectivity index (χ3v) is 5.38. The van der Waals surface area contributed by atoms with Gasteiger partial charge in [0.05, 0.1) is 18.3 Å². The molecule has 1 heterocycles. The lowest BCUT2D eigenvalue weighted by Crippen LogP contribution is -2.64. The first-order valence-electron chi connectivity index (χ1n) is 8.81. The minimum atomic E-state index is -0.124. The van der Waals surface area contributed by atoms with Crippen molar-refractivity contribution in [2.45, 2.75) is 44.8 Å². The fourth-order valence-corrected chi connectivity index (χ4v) is 3.80. The molecule has 2 N–H and O–H groups in total. The van der Waals surface area contributed by atoms with Crippen LogP contribution in [0.4, 0.5) is 5.82 Å². The van der Waals surface area contributed by atoms with Crippen molar-refractivity contribution in [3.63, 3.8) is 0 Å². The SMILES string of the molecule is CCO[C@@H]1C[C@@H](Nc2ccc(C(=O)NCCOC)cn2)C12CCC2. The Morgan fingerprint density at radius 3 is 2.83 bits per heavy atom. The normalized spacial score (nSPS) is 24.1. The van der Waals surface area contributed by atoms with E-state index < -0.39 is 0 Å². The number of nitrogens with zero attached hydrogens (tertiary/aromatic N) is 1. The molecular weight excluding hydrogens is 306 g/mol. The van der Waals surface area contributed by atoms with E-state index >= 15 is 0 Å². The first-order valence-corrected chi connectivity index (χ1v) is 8.81. The van der Waals surface area contributed by atoms with E-state index in [0.717, 1.165) is 18.8 Å². The number of aromatic nitrogens is 1. The van der Waals surface area contributed by atoms with Crippen molar-refractivity contribution in [1.29, 1.82) is 0 Å². The maximum Gasteiger partial charge on any atom is 0.252 e. The minimum Gasteiger partial charge on any atom is -0.383 e. The third kappa shape index (κ3) is 3.26. The van der Waals surface area contributed by atoms with Crippen molar-refractivity contribution >= 4 is 11.7 Å². The Hall–Kier alpha value is -1.66. The molecular formula is C18H27N3O3. The highest BCUT2D eigenvalue weighted by Crippen LogP contribution is 2.58. The van der Waals surface area contributed by atoms with Crippen molar-refractivity contribution < 1.29 is 14.3 Å². The summed E-state index contributed by atoms with van der Waals surface area (Å²) in [6, 6.07) is 4.12. The van der Waals surface area contributed by atoms with E-state index in [1.54, 1.807) is 13.3 Å². The first-order chi connectivity index (χ1) is 11.7. The molecule has 1 spiro atoms. The zero-order valence-electron chi connectivity index (χ0n) is 14.5. The molecule has 2 aliphatic rings. The van der Waals surface area contributed by atoms with Gasteiger partial charge in [0, 0.05) is 37.9 Å². The van der Waals surface area contributed by atoms with E-state index in [-0.39, 0.29) is 5.91 Å². The summed E-state index contributed by atoms with van der Waals surface area (Å²) in [4.78, 5) is 16.4. The van der Waals surface area contributed by atoms with Crippen molar-refractivity contribution in [2.24, 2.45) is 5.41 Å². The van der Waals surface area contributed by atoms with Crippen LogP contribution in [-0.2, 0) is 9.47 Å². The van der Waals surface area contributed by atoms with Crippen LogP contribution in [0.25, 0.3) is 0 Å². The predicted octanol–water partition coefficient (Wildman–Crippen LogP) is 2.22. The average Bonchev–Trinajstić information content (AvgIpc) is 2.53. The quantitative estimate of drug-likeness (QED) is 0.714. The summed E-state index contributed by atoms with van der Waals surface area (Å²) >= 11 is 0. The van der Waals surface area contributed by atoms with Crippen molar-refractivity contribution in [2.75, 3.05) is 32.2 Å². The molecule has 132 valence electrons. The van der Waals surface area contributed by atoms with Gasteiger partial charge < -0.3 is 20.1 Å². The van der Waals surface area contributed by atoms with Gasteiger partial charge >= 0.3 is 0 Å².